The van der Waals surface area contributed by atoms with Gasteiger partial charge in [-0.25, -0.2) is 4.98 Å². The van der Waals surface area contributed by atoms with Gasteiger partial charge < -0.3 is 15.2 Å². The maximum atomic E-state index is 6.19. The van der Waals surface area contributed by atoms with Crippen molar-refractivity contribution >= 4 is 0 Å². The molecule has 4 nitrogen and oxygen atoms in total. The monoisotopic (exact) mass is 360 g/mol. The highest BCUT2D eigenvalue weighted by Gasteiger charge is 2.21. The van der Waals surface area contributed by atoms with E-state index in [1.165, 1.54) is 11.1 Å². The van der Waals surface area contributed by atoms with Crippen molar-refractivity contribution in [3.8, 4) is 17.4 Å². The summed E-state index contributed by atoms with van der Waals surface area (Å²) in [5.41, 5.74) is 9.04. The molecule has 138 valence electrons. The van der Waals surface area contributed by atoms with E-state index in [4.69, 9.17) is 15.2 Å². The lowest BCUT2D eigenvalue weighted by Gasteiger charge is -2.26. The Morgan fingerprint density at radius 2 is 1.89 bits per heavy atom. The Hall–Kier alpha value is -2.85. The average Bonchev–Trinajstić information content (AvgIpc) is 2.68. The molecule has 27 heavy (non-hydrogen) atoms. The van der Waals surface area contributed by atoms with E-state index in [1.54, 1.807) is 6.20 Å². The summed E-state index contributed by atoms with van der Waals surface area (Å²) in [5.74, 6) is 2.25. The Kier molecular flexibility index (Phi) is 4.58. The summed E-state index contributed by atoms with van der Waals surface area (Å²) >= 11 is 0. The molecule has 0 bridgehead atoms. The van der Waals surface area contributed by atoms with Gasteiger partial charge in [-0.1, -0.05) is 36.4 Å². The van der Waals surface area contributed by atoms with Crippen molar-refractivity contribution in [1.29, 1.82) is 0 Å². The van der Waals surface area contributed by atoms with E-state index in [0.29, 0.717) is 5.88 Å². The second-order valence-corrected chi connectivity index (χ2v) is 7.53. The molecule has 4 rings (SSSR count). The Labute approximate surface area is 160 Å². The zero-order valence-corrected chi connectivity index (χ0v) is 15.7. The number of nitrogens with zero attached hydrogens (tertiary/aromatic N) is 1. The summed E-state index contributed by atoms with van der Waals surface area (Å²) in [7, 11) is 0. The molecule has 0 amide bonds. The molecule has 1 aliphatic heterocycles. The third-order valence-electron chi connectivity index (χ3n) is 4.85. The molecule has 0 spiro atoms. The topological polar surface area (TPSA) is 57.4 Å². The zero-order chi connectivity index (χ0) is 18.9. The Morgan fingerprint density at radius 1 is 1.07 bits per heavy atom. The number of rotatable bonds is 4. The van der Waals surface area contributed by atoms with Crippen molar-refractivity contribution in [2.24, 2.45) is 5.73 Å². The number of nitrogens with two attached hydrogens (primary N) is 1. The lowest BCUT2D eigenvalue weighted by molar-refractivity contribution is 0.176. The number of pyridine rings is 1. The van der Waals surface area contributed by atoms with Crippen LogP contribution in [0.3, 0.4) is 0 Å². The molecule has 2 N–H and O–H groups in total. The molecule has 0 aliphatic carbocycles. The van der Waals surface area contributed by atoms with Crippen LogP contribution in [0.5, 0.6) is 17.4 Å². The first-order valence-corrected chi connectivity index (χ1v) is 9.27. The molecule has 4 heteroatoms. The van der Waals surface area contributed by atoms with E-state index in [-0.39, 0.29) is 6.10 Å². The van der Waals surface area contributed by atoms with Crippen LogP contribution in [0.25, 0.3) is 0 Å². The lowest BCUT2D eigenvalue weighted by atomic mass is 9.97. The summed E-state index contributed by atoms with van der Waals surface area (Å²) in [5, 5.41) is 0. The fraction of sp³-hybridized carbons (Fsp3) is 0.261. The minimum Gasteiger partial charge on any atom is -0.485 e. The van der Waals surface area contributed by atoms with Crippen LogP contribution in [0.1, 0.15) is 43.1 Å². The fourth-order valence-corrected chi connectivity index (χ4v) is 3.27. The van der Waals surface area contributed by atoms with Crippen LogP contribution in [0, 0.1) is 0 Å². The number of benzene rings is 2. The molecule has 1 aliphatic rings. The lowest BCUT2D eigenvalue weighted by Crippen LogP contribution is -2.28. The Balaban J connectivity index is 1.48. The predicted molar refractivity (Wildman–Crippen MR) is 106 cm³/mol. The van der Waals surface area contributed by atoms with Crippen LogP contribution >= 0.6 is 0 Å². The van der Waals surface area contributed by atoms with E-state index in [1.807, 2.05) is 50.2 Å². The number of aryl methyl sites for hydroxylation is 1. The molecule has 0 saturated heterocycles. The van der Waals surface area contributed by atoms with Crippen molar-refractivity contribution < 1.29 is 9.47 Å². The first-order chi connectivity index (χ1) is 13.0. The number of fused-ring (bicyclic) bond motifs is 1. The number of hydrogen-bond acceptors (Lipinski definition) is 4. The van der Waals surface area contributed by atoms with Crippen molar-refractivity contribution in [3.05, 3.63) is 83.6 Å². The molecule has 2 heterocycles. The molecule has 1 unspecified atom stereocenters. The highest BCUT2D eigenvalue weighted by Crippen LogP contribution is 2.37. The highest BCUT2D eigenvalue weighted by molar-refractivity contribution is 5.43. The minimum absolute atomic E-state index is 0.110. The van der Waals surface area contributed by atoms with Gasteiger partial charge in [-0.05, 0) is 61.6 Å². The highest BCUT2D eigenvalue weighted by atomic mass is 16.5. The first kappa shape index (κ1) is 17.6. The number of aromatic nitrogens is 1. The fourth-order valence-electron chi connectivity index (χ4n) is 3.27. The minimum atomic E-state index is -0.413. The van der Waals surface area contributed by atoms with Gasteiger partial charge in [0, 0.05) is 17.8 Å². The van der Waals surface area contributed by atoms with E-state index in [9.17, 15) is 0 Å². The standard InChI is InChI=1S/C23H24N2O2/c1-23(2,24)18-9-13-22(25-15-18)26-19-10-12-21-17(14-19)8-11-20(27-21)16-6-4-3-5-7-16/h3-7,9-10,12-15,20H,8,11,24H2,1-2H3. The molecule has 0 fully saturated rings. The average molecular weight is 360 g/mol. The predicted octanol–water partition coefficient (Wildman–Crippen LogP) is 5.13. The van der Waals surface area contributed by atoms with Gasteiger partial charge in [0.15, 0.2) is 0 Å². The van der Waals surface area contributed by atoms with E-state index >= 15 is 0 Å². The van der Waals surface area contributed by atoms with E-state index < -0.39 is 5.54 Å². The van der Waals surface area contributed by atoms with Crippen LogP contribution < -0.4 is 15.2 Å². The number of ether oxygens (including phenoxy) is 2. The smallest absolute Gasteiger partial charge is 0.219 e. The molecule has 2 aromatic carbocycles. The molecule has 0 radical (unpaired) electrons. The molecule has 3 aromatic rings. The van der Waals surface area contributed by atoms with Crippen LogP contribution in [-0.2, 0) is 12.0 Å². The van der Waals surface area contributed by atoms with Crippen molar-refractivity contribution in [2.45, 2.75) is 38.3 Å². The Morgan fingerprint density at radius 3 is 2.59 bits per heavy atom. The molecular weight excluding hydrogens is 336 g/mol. The van der Waals surface area contributed by atoms with Gasteiger partial charge in [0.1, 0.15) is 17.6 Å². The Bertz CT molecular complexity index is 915. The van der Waals surface area contributed by atoms with Crippen LogP contribution in [0.15, 0.2) is 66.9 Å². The molecular formula is C23H24N2O2. The van der Waals surface area contributed by atoms with Gasteiger partial charge in [0.2, 0.25) is 5.88 Å². The maximum Gasteiger partial charge on any atom is 0.219 e. The summed E-state index contributed by atoms with van der Waals surface area (Å²) in [6, 6.07) is 20.1. The normalized spacial score (nSPS) is 16.3. The van der Waals surface area contributed by atoms with Gasteiger partial charge in [-0.15, -0.1) is 0 Å². The van der Waals surface area contributed by atoms with Crippen molar-refractivity contribution in [1.82, 2.24) is 4.98 Å². The quantitative estimate of drug-likeness (QED) is 0.700. The molecule has 1 atom stereocenters. The van der Waals surface area contributed by atoms with Gasteiger partial charge in [-0.3, -0.25) is 0 Å². The second-order valence-electron chi connectivity index (χ2n) is 7.53. The molecule has 0 saturated carbocycles. The van der Waals surface area contributed by atoms with E-state index in [2.05, 4.69) is 29.2 Å². The molecule has 1 aromatic heterocycles. The van der Waals surface area contributed by atoms with Crippen molar-refractivity contribution in [2.75, 3.05) is 0 Å². The maximum absolute atomic E-state index is 6.19. The largest absolute Gasteiger partial charge is 0.485 e. The van der Waals surface area contributed by atoms with Gasteiger partial charge in [-0.2, -0.15) is 0 Å². The number of hydrogen-bond donors (Lipinski definition) is 1. The third-order valence-corrected chi connectivity index (χ3v) is 4.85. The second kappa shape index (κ2) is 7.05. The SMILES string of the molecule is CC(C)(N)c1ccc(Oc2ccc3c(c2)CCC(c2ccccc2)O3)nc1. The van der Waals surface area contributed by atoms with Crippen LogP contribution in [0.4, 0.5) is 0 Å². The van der Waals surface area contributed by atoms with Gasteiger partial charge >= 0.3 is 0 Å². The third kappa shape index (κ3) is 3.96. The summed E-state index contributed by atoms with van der Waals surface area (Å²) < 4.78 is 12.1. The van der Waals surface area contributed by atoms with Gasteiger partial charge in [0.25, 0.3) is 0 Å². The van der Waals surface area contributed by atoms with Crippen LogP contribution in [0.2, 0.25) is 0 Å². The van der Waals surface area contributed by atoms with Crippen LogP contribution in [-0.4, -0.2) is 4.98 Å². The van der Waals surface area contributed by atoms with Gasteiger partial charge in [0.05, 0.1) is 0 Å². The van der Waals surface area contributed by atoms with Crippen molar-refractivity contribution in [3.63, 3.8) is 0 Å². The summed E-state index contributed by atoms with van der Waals surface area (Å²) in [6.07, 6.45) is 3.79. The first-order valence-electron chi connectivity index (χ1n) is 9.27. The van der Waals surface area contributed by atoms with E-state index in [0.717, 1.165) is 29.9 Å². The zero-order valence-electron chi connectivity index (χ0n) is 15.7. The summed E-state index contributed by atoms with van der Waals surface area (Å²) in [6.45, 7) is 3.91. The summed E-state index contributed by atoms with van der Waals surface area (Å²) in [4.78, 5) is 4.37.